The summed E-state index contributed by atoms with van der Waals surface area (Å²) >= 11 is 0. The number of ether oxygens (including phenoxy) is 2. The number of hydrogen-bond acceptors (Lipinski definition) is 4. The molecule has 55 heavy (non-hydrogen) atoms. The fourth-order valence-electron chi connectivity index (χ4n) is 8.27. The zero-order valence-electron chi connectivity index (χ0n) is 34.0. The minimum absolute atomic E-state index is 0.00969. The molecule has 4 nitrogen and oxygen atoms in total. The van der Waals surface area contributed by atoms with Crippen LogP contribution in [0.4, 0.5) is 0 Å². The van der Waals surface area contributed by atoms with E-state index in [2.05, 4.69) is 167 Å². The first-order valence-corrected chi connectivity index (χ1v) is 22.6. The van der Waals surface area contributed by atoms with Gasteiger partial charge in [0, 0.05) is 6.42 Å². The summed E-state index contributed by atoms with van der Waals surface area (Å²) in [5, 5.41) is 2.56. The highest BCUT2D eigenvalue weighted by molar-refractivity contribution is 6.99. The summed E-state index contributed by atoms with van der Waals surface area (Å²) in [5.41, 5.74) is 3.65. The van der Waals surface area contributed by atoms with Crippen molar-refractivity contribution in [2.45, 2.75) is 116 Å². The highest BCUT2D eigenvalue weighted by Crippen LogP contribution is 2.41. The van der Waals surface area contributed by atoms with Crippen LogP contribution in [0.1, 0.15) is 97.5 Å². The molecule has 0 heterocycles. The molecule has 1 saturated carbocycles. The maximum Gasteiger partial charge on any atom is 0.305 e. The summed E-state index contributed by atoms with van der Waals surface area (Å²) in [6.45, 7) is 9.99. The molecule has 0 aromatic heterocycles. The van der Waals surface area contributed by atoms with Crippen LogP contribution >= 0.6 is 0 Å². The van der Waals surface area contributed by atoms with Gasteiger partial charge in [-0.2, -0.15) is 0 Å². The van der Waals surface area contributed by atoms with E-state index in [0.29, 0.717) is 24.9 Å². The predicted octanol–water partition coefficient (Wildman–Crippen LogP) is 11.6. The van der Waals surface area contributed by atoms with Gasteiger partial charge in [-0.25, -0.2) is 0 Å². The second-order valence-electron chi connectivity index (χ2n) is 16.2. The third-order valence-corrected chi connectivity index (χ3v) is 16.4. The second kappa shape index (κ2) is 21.3. The molecule has 292 valence electrons. The third-order valence-electron chi connectivity index (χ3n) is 11.3. The molecule has 0 amide bonds. The number of rotatable bonds is 20. The molecule has 0 spiro atoms. The lowest BCUT2D eigenvalue weighted by Crippen LogP contribution is -2.67. The van der Waals surface area contributed by atoms with E-state index < -0.39 is 8.32 Å². The van der Waals surface area contributed by atoms with E-state index in [1.54, 1.807) is 0 Å². The lowest BCUT2D eigenvalue weighted by atomic mass is 9.90. The van der Waals surface area contributed by atoms with Crippen LogP contribution in [0.3, 0.4) is 0 Å². The summed E-state index contributed by atoms with van der Waals surface area (Å²) in [4.78, 5) is 11.7. The van der Waals surface area contributed by atoms with Gasteiger partial charge in [0.1, 0.15) is 0 Å². The summed E-state index contributed by atoms with van der Waals surface area (Å²) in [5.74, 6) is 0.607. The minimum atomic E-state index is -2.72. The molecule has 0 radical (unpaired) electrons. The average Bonchev–Trinajstić information content (AvgIpc) is 3.60. The zero-order chi connectivity index (χ0) is 38.9. The van der Waals surface area contributed by atoms with Crippen molar-refractivity contribution in [2.24, 2.45) is 11.8 Å². The van der Waals surface area contributed by atoms with Crippen LogP contribution in [-0.4, -0.2) is 33.6 Å². The van der Waals surface area contributed by atoms with Gasteiger partial charge in [-0.05, 0) is 82.5 Å². The van der Waals surface area contributed by atoms with Crippen LogP contribution in [0.25, 0.3) is 11.1 Å². The SMILES string of the molecule is CCCCC[C@H](/C=C/[C@H]1CC[C@H](OCc2ccc(-c3ccccc3)cc2)[C@@H]1C/C=C\CCCC(=O)OC)O[Si](c1ccccc1)(c1ccccc1)C(C)(C)C. The Morgan fingerprint density at radius 2 is 1.40 bits per heavy atom. The molecule has 5 heteroatoms. The Labute approximate surface area is 333 Å². The van der Waals surface area contributed by atoms with Crippen LogP contribution in [0.5, 0.6) is 0 Å². The van der Waals surface area contributed by atoms with Crippen LogP contribution in [0.15, 0.2) is 140 Å². The van der Waals surface area contributed by atoms with Crippen molar-refractivity contribution < 1.29 is 18.7 Å². The molecule has 4 aromatic rings. The van der Waals surface area contributed by atoms with Crippen molar-refractivity contribution in [1.29, 1.82) is 0 Å². The summed E-state index contributed by atoms with van der Waals surface area (Å²) in [6, 6.07) is 41.4. The number of methoxy groups -OCH3 is 1. The first-order valence-electron chi connectivity index (χ1n) is 20.7. The van der Waals surface area contributed by atoms with Crippen LogP contribution < -0.4 is 10.4 Å². The highest BCUT2D eigenvalue weighted by Gasteiger charge is 2.51. The molecule has 0 bridgehead atoms. The van der Waals surface area contributed by atoms with Crippen LogP contribution in [0.2, 0.25) is 5.04 Å². The largest absolute Gasteiger partial charge is 0.469 e. The first-order chi connectivity index (χ1) is 26.7. The van der Waals surface area contributed by atoms with Crippen molar-refractivity contribution >= 4 is 24.7 Å². The van der Waals surface area contributed by atoms with E-state index in [4.69, 9.17) is 13.9 Å². The van der Waals surface area contributed by atoms with Gasteiger partial charge in [-0.1, -0.05) is 187 Å². The summed E-state index contributed by atoms with van der Waals surface area (Å²) < 4.78 is 19.3. The lowest BCUT2D eigenvalue weighted by Gasteiger charge is -2.45. The molecule has 4 atom stereocenters. The molecule has 0 N–H and O–H groups in total. The van der Waals surface area contributed by atoms with Gasteiger partial charge in [0.25, 0.3) is 8.32 Å². The number of benzene rings is 4. The van der Waals surface area contributed by atoms with Gasteiger partial charge in [0.15, 0.2) is 0 Å². The van der Waals surface area contributed by atoms with Crippen molar-refractivity contribution in [3.8, 4) is 11.1 Å². The quantitative estimate of drug-likeness (QED) is 0.0390. The molecule has 1 fully saturated rings. The number of esters is 1. The average molecular weight is 757 g/mol. The van der Waals surface area contributed by atoms with Gasteiger partial charge in [-0.3, -0.25) is 4.79 Å². The van der Waals surface area contributed by atoms with E-state index in [1.165, 1.54) is 47.0 Å². The smallest absolute Gasteiger partial charge is 0.305 e. The molecule has 0 unspecified atom stereocenters. The van der Waals surface area contributed by atoms with Gasteiger partial charge in [0.05, 0.1) is 25.9 Å². The number of carbonyl (C=O) groups excluding carboxylic acids is 1. The molecular weight excluding hydrogens is 693 g/mol. The Balaban J connectivity index is 1.38. The van der Waals surface area contributed by atoms with Crippen LogP contribution in [0, 0.1) is 11.8 Å². The van der Waals surface area contributed by atoms with Crippen molar-refractivity contribution in [3.63, 3.8) is 0 Å². The molecule has 1 aliphatic carbocycles. The molecule has 0 aliphatic heterocycles. The van der Waals surface area contributed by atoms with Crippen molar-refractivity contribution in [1.82, 2.24) is 0 Å². The number of unbranched alkanes of at least 4 members (excludes halogenated alkanes) is 3. The topological polar surface area (TPSA) is 44.8 Å². The van der Waals surface area contributed by atoms with Gasteiger partial charge < -0.3 is 13.9 Å². The van der Waals surface area contributed by atoms with E-state index in [-0.39, 0.29) is 23.2 Å². The molecule has 5 rings (SSSR count). The summed E-state index contributed by atoms with van der Waals surface area (Å²) in [6.07, 6.45) is 19.4. The van der Waals surface area contributed by atoms with Crippen molar-refractivity contribution in [2.75, 3.05) is 7.11 Å². The molecule has 4 aromatic carbocycles. The van der Waals surface area contributed by atoms with E-state index >= 15 is 0 Å². The molecule has 1 aliphatic rings. The maximum atomic E-state index is 11.7. The van der Waals surface area contributed by atoms with Crippen molar-refractivity contribution in [3.05, 3.63) is 145 Å². The Bertz CT molecular complexity index is 1710. The lowest BCUT2D eigenvalue weighted by molar-refractivity contribution is -0.140. The third kappa shape index (κ3) is 11.7. The monoisotopic (exact) mass is 756 g/mol. The Morgan fingerprint density at radius 3 is 2.00 bits per heavy atom. The van der Waals surface area contributed by atoms with Gasteiger partial charge >= 0.3 is 5.97 Å². The Kier molecular flexibility index (Phi) is 16.3. The standard InChI is InChI=1S/C50H64O4Si/c1-6-7-13-24-44(54-55(50(2,3)4,45-25-16-11-17-26-45)46-27-18-12-19-28-46)37-35-43-36-38-48(47(43)29-20-8-9-21-30-49(51)52-5)53-39-40-31-33-42(34-32-40)41-22-14-10-15-23-41/h8,10-12,14-20,22-23,25-28,31-35,37,43-44,47-48H,6-7,9,13,21,24,29-30,36,38-39H2,1-5H3/b20-8-,37-35+/t43-,44+,47+,48-/m0/s1. The van der Waals surface area contributed by atoms with E-state index in [0.717, 1.165) is 44.9 Å². The Hall–Kier alpha value is -4.03. The number of hydrogen-bond donors (Lipinski definition) is 0. The van der Waals surface area contributed by atoms with Crippen LogP contribution in [-0.2, 0) is 25.3 Å². The Morgan fingerprint density at radius 1 is 0.782 bits per heavy atom. The minimum Gasteiger partial charge on any atom is -0.469 e. The zero-order valence-corrected chi connectivity index (χ0v) is 35.0. The van der Waals surface area contributed by atoms with E-state index in [9.17, 15) is 4.79 Å². The highest BCUT2D eigenvalue weighted by atomic mass is 28.4. The second-order valence-corrected chi connectivity index (χ2v) is 20.4. The number of carbonyl (C=O) groups is 1. The summed E-state index contributed by atoms with van der Waals surface area (Å²) in [7, 11) is -1.26. The predicted molar refractivity (Wildman–Crippen MR) is 232 cm³/mol. The van der Waals surface area contributed by atoms with Gasteiger partial charge in [0.2, 0.25) is 0 Å². The molecular formula is C50H64O4Si. The first kappa shape index (κ1) is 42.1. The molecule has 0 saturated heterocycles. The maximum absolute atomic E-state index is 11.7. The fourth-order valence-corrected chi connectivity index (χ4v) is 12.9. The normalized spacial score (nSPS) is 18.2. The fraction of sp³-hybridized carbons (Fsp3) is 0.420. The van der Waals surface area contributed by atoms with E-state index in [1.807, 2.05) is 0 Å². The number of allylic oxidation sites excluding steroid dienone is 3. The van der Waals surface area contributed by atoms with Gasteiger partial charge in [-0.15, -0.1) is 0 Å².